The number of hydrogen-bond acceptors (Lipinski definition) is 2. The Balaban J connectivity index is 1.81. The van der Waals surface area contributed by atoms with E-state index >= 15 is 0 Å². The lowest BCUT2D eigenvalue weighted by molar-refractivity contribution is -0.126. The second kappa shape index (κ2) is 5.69. The van der Waals surface area contributed by atoms with Gasteiger partial charge in [-0.3, -0.25) is 4.79 Å². The van der Waals surface area contributed by atoms with Gasteiger partial charge in [0.2, 0.25) is 0 Å². The summed E-state index contributed by atoms with van der Waals surface area (Å²) in [6, 6.07) is 8.43. The average Bonchev–Trinajstić information content (AvgIpc) is 2.45. The van der Waals surface area contributed by atoms with Gasteiger partial charge in [0.15, 0.2) is 0 Å². The maximum absolute atomic E-state index is 13.0. The van der Waals surface area contributed by atoms with Crippen LogP contribution in [0.3, 0.4) is 0 Å². The standard InChI is InChI=1S/C18H25NO/c1-12-7-13(2)9-15(8-12)18(20)17-11-19-10-14-5-3-4-6-16(14)17/h3-6,12-13,15,17,19H,7-11H2,1-2H3. The number of fused-ring (bicyclic) bond motifs is 1. The van der Waals surface area contributed by atoms with Crippen LogP contribution in [0.5, 0.6) is 0 Å². The van der Waals surface area contributed by atoms with Gasteiger partial charge in [0.25, 0.3) is 0 Å². The fraction of sp³-hybridized carbons (Fsp3) is 0.611. The molecule has 1 saturated carbocycles. The lowest BCUT2D eigenvalue weighted by atomic mass is 9.71. The van der Waals surface area contributed by atoms with Gasteiger partial charge >= 0.3 is 0 Å². The normalized spacial score (nSPS) is 33.5. The molecule has 108 valence electrons. The first kappa shape index (κ1) is 13.8. The van der Waals surface area contributed by atoms with Crippen molar-refractivity contribution in [1.82, 2.24) is 5.32 Å². The second-order valence-corrected chi connectivity index (χ2v) is 6.90. The number of rotatable bonds is 2. The second-order valence-electron chi connectivity index (χ2n) is 6.90. The molecular weight excluding hydrogens is 246 g/mol. The Morgan fingerprint density at radius 2 is 1.80 bits per heavy atom. The Kier molecular flexibility index (Phi) is 3.93. The molecule has 0 saturated heterocycles. The molecule has 0 radical (unpaired) electrons. The largest absolute Gasteiger partial charge is 0.312 e. The summed E-state index contributed by atoms with van der Waals surface area (Å²) in [5, 5.41) is 3.41. The summed E-state index contributed by atoms with van der Waals surface area (Å²) in [5.41, 5.74) is 2.57. The Morgan fingerprint density at radius 1 is 1.10 bits per heavy atom. The summed E-state index contributed by atoms with van der Waals surface area (Å²) >= 11 is 0. The van der Waals surface area contributed by atoms with E-state index in [2.05, 4.69) is 43.4 Å². The van der Waals surface area contributed by atoms with Crippen molar-refractivity contribution >= 4 is 5.78 Å². The number of carbonyl (C=O) groups is 1. The average molecular weight is 271 g/mol. The molecule has 3 unspecified atom stereocenters. The molecule has 2 aliphatic rings. The van der Waals surface area contributed by atoms with E-state index in [0.717, 1.165) is 25.9 Å². The molecule has 1 heterocycles. The molecule has 1 aliphatic heterocycles. The predicted octanol–water partition coefficient (Wildman–Crippen LogP) is 3.51. The van der Waals surface area contributed by atoms with Crippen LogP contribution in [0.1, 0.15) is 50.2 Å². The summed E-state index contributed by atoms with van der Waals surface area (Å²) in [7, 11) is 0. The first-order chi connectivity index (χ1) is 9.65. The van der Waals surface area contributed by atoms with Gasteiger partial charge in [-0.1, -0.05) is 38.1 Å². The predicted molar refractivity (Wildman–Crippen MR) is 81.6 cm³/mol. The minimum atomic E-state index is 0.0717. The van der Waals surface area contributed by atoms with Crippen LogP contribution in [0.15, 0.2) is 24.3 Å². The number of benzene rings is 1. The van der Waals surface area contributed by atoms with E-state index < -0.39 is 0 Å². The third-order valence-corrected chi connectivity index (χ3v) is 5.02. The molecule has 1 fully saturated rings. The van der Waals surface area contributed by atoms with Crippen LogP contribution >= 0.6 is 0 Å². The van der Waals surface area contributed by atoms with Gasteiger partial charge in [0.05, 0.1) is 5.92 Å². The molecule has 2 heteroatoms. The molecule has 0 amide bonds. The van der Waals surface area contributed by atoms with Gasteiger partial charge in [-0.2, -0.15) is 0 Å². The molecule has 1 N–H and O–H groups in total. The molecule has 2 nitrogen and oxygen atoms in total. The van der Waals surface area contributed by atoms with Crippen molar-refractivity contribution in [3.63, 3.8) is 0 Å². The molecular formula is C18H25NO. The zero-order valence-corrected chi connectivity index (χ0v) is 12.6. The highest BCUT2D eigenvalue weighted by Gasteiger charge is 2.35. The van der Waals surface area contributed by atoms with Crippen molar-refractivity contribution in [2.45, 2.75) is 45.6 Å². The summed E-state index contributed by atoms with van der Waals surface area (Å²) in [5.74, 6) is 2.20. The van der Waals surface area contributed by atoms with Crippen molar-refractivity contribution in [2.75, 3.05) is 6.54 Å². The minimum Gasteiger partial charge on any atom is -0.312 e. The van der Waals surface area contributed by atoms with E-state index in [9.17, 15) is 4.79 Å². The van der Waals surface area contributed by atoms with Crippen molar-refractivity contribution < 1.29 is 4.79 Å². The van der Waals surface area contributed by atoms with Crippen LogP contribution in [-0.4, -0.2) is 12.3 Å². The fourth-order valence-corrected chi connectivity index (χ4v) is 4.21. The van der Waals surface area contributed by atoms with Gasteiger partial charge in [-0.05, 0) is 42.2 Å². The monoisotopic (exact) mass is 271 g/mol. The van der Waals surface area contributed by atoms with Crippen LogP contribution in [0, 0.1) is 17.8 Å². The number of hydrogen-bond donors (Lipinski definition) is 1. The highest BCUT2D eigenvalue weighted by Crippen LogP contribution is 2.37. The maximum atomic E-state index is 13.0. The summed E-state index contributed by atoms with van der Waals surface area (Å²) < 4.78 is 0. The molecule has 1 aromatic rings. The lowest BCUT2D eigenvalue weighted by Gasteiger charge is -2.34. The molecule has 0 aromatic heterocycles. The van der Waals surface area contributed by atoms with E-state index in [1.165, 1.54) is 17.5 Å². The molecule has 0 spiro atoms. The maximum Gasteiger partial charge on any atom is 0.144 e. The number of ketones is 1. The molecule has 3 rings (SSSR count). The van der Waals surface area contributed by atoms with Gasteiger partial charge in [0, 0.05) is 19.0 Å². The highest BCUT2D eigenvalue weighted by atomic mass is 16.1. The van der Waals surface area contributed by atoms with Crippen LogP contribution in [0.4, 0.5) is 0 Å². The first-order valence-electron chi connectivity index (χ1n) is 7.97. The Labute approximate surface area is 122 Å². The number of nitrogens with one attached hydrogen (secondary N) is 1. The summed E-state index contributed by atoms with van der Waals surface area (Å²) in [4.78, 5) is 13.0. The van der Waals surface area contributed by atoms with Crippen molar-refractivity contribution in [3.05, 3.63) is 35.4 Å². The SMILES string of the molecule is CC1CC(C)CC(C(=O)C2CNCc3ccccc32)C1. The summed E-state index contributed by atoms with van der Waals surface area (Å²) in [6.45, 7) is 6.30. The molecule has 1 aliphatic carbocycles. The molecule has 20 heavy (non-hydrogen) atoms. The van der Waals surface area contributed by atoms with E-state index in [1.807, 2.05) is 0 Å². The van der Waals surface area contributed by atoms with E-state index in [1.54, 1.807) is 0 Å². The van der Waals surface area contributed by atoms with E-state index in [-0.39, 0.29) is 11.8 Å². The lowest BCUT2D eigenvalue weighted by Crippen LogP contribution is -2.37. The third-order valence-electron chi connectivity index (χ3n) is 5.02. The number of Topliss-reactive ketones (excluding diaryl/α,β-unsaturated/α-hetero) is 1. The van der Waals surface area contributed by atoms with Gasteiger partial charge in [-0.15, -0.1) is 0 Å². The van der Waals surface area contributed by atoms with E-state index in [4.69, 9.17) is 0 Å². The zero-order chi connectivity index (χ0) is 14.1. The Bertz CT molecular complexity index is 486. The smallest absolute Gasteiger partial charge is 0.144 e. The van der Waals surface area contributed by atoms with E-state index in [0.29, 0.717) is 17.6 Å². The molecule has 0 bridgehead atoms. The summed E-state index contributed by atoms with van der Waals surface area (Å²) in [6.07, 6.45) is 3.45. The molecule has 1 aromatic carbocycles. The molecule has 3 atom stereocenters. The van der Waals surface area contributed by atoms with Crippen LogP contribution < -0.4 is 5.32 Å². The minimum absolute atomic E-state index is 0.0717. The quantitative estimate of drug-likeness (QED) is 0.891. The van der Waals surface area contributed by atoms with Crippen molar-refractivity contribution in [1.29, 1.82) is 0 Å². The topological polar surface area (TPSA) is 29.1 Å². The van der Waals surface area contributed by atoms with Gasteiger partial charge < -0.3 is 5.32 Å². The van der Waals surface area contributed by atoms with Crippen LogP contribution in [0.25, 0.3) is 0 Å². The first-order valence-corrected chi connectivity index (χ1v) is 7.97. The number of carbonyl (C=O) groups excluding carboxylic acids is 1. The van der Waals surface area contributed by atoms with Crippen LogP contribution in [-0.2, 0) is 11.3 Å². The van der Waals surface area contributed by atoms with Crippen LogP contribution in [0.2, 0.25) is 0 Å². The van der Waals surface area contributed by atoms with Gasteiger partial charge in [-0.25, -0.2) is 0 Å². The zero-order valence-electron chi connectivity index (χ0n) is 12.6. The Morgan fingerprint density at radius 3 is 2.55 bits per heavy atom. The van der Waals surface area contributed by atoms with Crippen molar-refractivity contribution in [2.24, 2.45) is 17.8 Å². The highest BCUT2D eigenvalue weighted by molar-refractivity contribution is 5.88. The van der Waals surface area contributed by atoms with Crippen molar-refractivity contribution in [3.8, 4) is 0 Å². The Hall–Kier alpha value is -1.15. The third kappa shape index (κ3) is 2.67. The fourth-order valence-electron chi connectivity index (χ4n) is 4.21. The van der Waals surface area contributed by atoms with Gasteiger partial charge in [0.1, 0.15) is 5.78 Å².